The van der Waals surface area contributed by atoms with E-state index in [9.17, 15) is 13.2 Å². The Hall–Kier alpha value is -4.40. The number of hydrogen-bond donors (Lipinski definition) is 3. The van der Waals surface area contributed by atoms with E-state index in [1.807, 2.05) is 19.1 Å². The Morgan fingerprint density at radius 1 is 0.955 bits per heavy atom. The Morgan fingerprint density at radius 3 is 2.52 bits per heavy atom. The highest BCUT2D eigenvalue weighted by Crippen LogP contribution is 2.40. The van der Waals surface area contributed by atoms with Crippen LogP contribution >= 0.6 is 23.3 Å². The topological polar surface area (TPSA) is 100 Å². The molecule has 0 amide bonds. The fraction of sp³-hybridized carbons (Fsp3) is 0.200. The molecule has 0 spiro atoms. The molecule has 4 heterocycles. The Balaban J connectivity index is 1.26. The van der Waals surface area contributed by atoms with Crippen molar-refractivity contribution in [3.05, 3.63) is 84.4 Å². The molecule has 1 aliphatic rings. The third-order valence-electron chi connectivity index (χ3n) is 6.60. The van der Waals surface area contributed by atoms with E-state index >= 15 is 0 Å². The van der Waals surface area contributed by atoms with E-state index in [0.717, 1.165) is 41.6 Å². The lowest BCUT2D eigenvalue weighted by Gasteiger charge is -2.27. The van der Waals surface area contributed by atoms with Crippen molar-refractivity contribution in [1.82, 2.24) is 19.9 Å². The largest absolute Gasteiger partial charge is 0.378 e. The van der Waals surface area contributed by atoms with Gasteiger partial charge in [0.25, 0.3) is 0 Å². The van der Waals surface area contributed by atoms with Crippen LogP contribution in [-0.4, -0.2) is 52.8 Å². The predicted molar refractivity (Wildman–Crippen MR) is 169 cm³/mol. The average molecular weight is 637 g/mol. The standard InChI is InChI=1S/C30H27F3N8OS2/c1-2-34-30-39-26(18-6-8-20(31)24(16-18)40-44-27-21(32)4-3-5-22(27)33)28(43-30)23-10-11-35-29(38-23)37-19-7-9-25(36-17-19)41-12-14-42-15-13-41/h3-11,16-17,40H,2,12-15H2,1H3,(H,34,39)(H,35,37,38). The summed E-state index contributed by atoms with van der Waals surface area (Å²) < 4.78 is 51.2. The van der Waals surface area contributed by atoms with Gasteiger partial charge in [-0.25, -0.2) is 33.1 Å². The second-order valence-corrected chi connectivity index (χ2v) is 11.4. The molecule has 0 radical (unpaired) electrons. The van der Waals surface area contributed by atoms with Crippen LogP contribution in [0.15, 0.2) is 71.9 Å². The van der Waals surface area contributed by atoms with Gasteiger partial charge in [-0.15, -0.1) is 0 Å². The number of morpholine rings is 1. The second-order valence-electron chi connectivity index (χ2n) is 9.57. The average Bonchev–Trinajstić information content (AvgIpc) is 3.47. The van der Waals surface area contributed by atoms with Gasteiger partial charge in [-0.1, -0.05) is 17.4 Å². The van der Waals surface area contributed by atoms with Gasteiger partial charge in [-0.2, -0.15) is 0 Å². The number of anilines is 5. The molecule has 0 aliphatic carbocycles. The normalized spacial score (nSPS) is 13.1. The molecular weight excluding hydrogens is 610 g/mol. The van der Waals surface area contributed by atoms with Crippen molar-refractivity contribution >= 4 is 51.6 Å². The van der Waals surface area contributed by atoms with Gasteiger partial charge in [0, 0.05) is 31.4 Å². The molecule has 1 fully saturated rings. The van der Waals surface area contributed by atoms with E-state index in [4.69, 9.17) is 14.7 Å². The van der Waals surface area contributed by atoms with Crippen LogP contribution in [0.25, 0.3) is 21.8 Å². The zero-order valence-corrected chi connectivity index (χ0v) is 25.1. The maximum atomic E-state index is 14.8. The van der Waals surface area contributed by atoms with Crippen molar-refractivity contribution in [2.24, 2.45) is 0 Å². The SMILES string of the molecule is CCNc1nc(-c2ccc(F)c(NSc3c(F)cccc3F)c2)c(-c2ccnc(Nc3ccc(N4CCOCC4)nc3)n2)s1. The quantitative estimate of drug-likeness (QED) is 0.136. The number of nitrogens with zero attached hydrogens (tertiary/aromatic N) is 5. The van der Waals surface area contributed by atoms with Crippen molar-refractivity contribution in [2.45, 2.75) is 11.8 Å². The lowest BCUT2D eigenvalue weighted by molar-refractivity contribution is 0.122. The minimum atomic E-state index is -0.742. The molecule has 0 saturated carbocycles. The van der Waals surface area contributed by atoms with Gasteiger partial charge in [-0.3, -0.25) is 0 Å². The second kappa shape index (κ2) is 13.5. The number of ether oxygens (including phenoxy) is 1. The third kappa shape index (κ3) is 6.72. The first-order valence-electron chi connectivity index (χ1n) is 13.8. The fourth-order valence-electron chi connectivity index (χ4n) is 4.47. The smallest absolute Gasteiger partial charge is 0.227 e. The molecule has 3 N–H and O–H groups in total. The Kier molecular flexibility index (Phi) is 9.09. The van der Waals surface area contributed by atoms with Crippen LogP contribution in [0.5, 0.6) is 0 Å². The van der Waals surface area contributed by atoms with Gasteiger partial charge in [0.2, 0.25) is 5.95 Å². The van der Waals surface area contributed by atoms with Crippen molar-refractivity contribution in [2.75, 3.05) is 53.1 Å². The van der Waals surface area contributed by atoms with E-state index in [1.54, 1.807) is 30.6 Å². The van der Waals surface area contributed by atoms with Gasteiger partial charge >= 0.3 is 0 Å². The number of pyridine rings is 1. The minimum Gasteiger partial charge on any atom is -0.378 e. The molecular formula is C30H27F3N8OS2. The Morgan fingerprint density at radius 2 is 1.77 bits per heavy atom. The third-order valence-corrected chi connectivity index (χ3v) is 8.56. The predicted octanol–water partition coefficient (Wildman–Crippen LogP) is 7.21. The highest BCUT2D eigenvalue weighted by Gasteiger charge is 2.19. The lowest BCUT2D eigenvalue weighted by atomic mass is 10.1. The maximum absolute atomic E-state index is 14.8. The molecule has 226 valence electrons. The summed E-state index contributed by atoms with van der Waals surface area (Å²) in [4.78, 5) is 21.1. The maximum Gasteiger partial charge on any atom is 0.227 e. The van der Waals surface area contributed by atoms with Gasteiger partial charge in [-0.05, 0) is 67.4 Å². The number of hydrogen-bond acceptors (Lipinski definition) is 11. The molecule has 9 nitrogen and oxygen atoms in total. The Labute approximate surface area is 260 Å². The van der Waals surface area contributed by atoms with E-state index in [-0.39, 0.29) is 10.6 Å². The lowest BCUT2D eigenvalue weighted by Crippen LogP contribution is -2.36. The summed E-state index contributed by atoms with van der Waals surface area (Å²) in [6.45, 7) is 5.57. The first-order valence-corrected chi connectivity index (χ1v) is 15.4. The minimum absolute atomic E-state index is 0.0529. The zero-order chi connectivity index (χ0) is 30.5. The zero-order valence-electron chi connectivity index (χ0n) is 23.5. The first kappa shape index (κ1) is 29.7. The summed E-state index contributed by atoms with van der Waals surface area (Å²) in [5.41, 5.74) is 2.55. The van der Waals surface area contributed by atoms with Crippen molar-refractivity contribution in [1.29, 1.82) is 0 Å². The van der Waals surface area contributed by atoms with Crippen molar-refractivity contribution in [3.63, 3.8) is 0 Å². The summed E-state index contributed by atoms with van der Waals surface area (Å²) in [6.07, 6.45) is 3.38. The van der Waals surface area contributed by atoms with E-state index < -0.39 is 17.5 Å². The number of thiazole rings is 1. The number of nitrogens with one attached hydrogen (secondary N) is 3. The van der Waals surface area contributed by atoms with Gasteiger partial charge < -0.3 is 25.0 Å². The fourth-order valence-corrected chi connectivity index (χ4v) is 6.19. The van der Waals surface area contributed by atoms with Gasteiger partial charge in [0.05, 0.1) is 51.9 Å². The van der Waals surface area contributed by atoms with Crippen LogP contribution < -0.4 is 20.3 Å². The van der Waals surface area contributed by atoms with Crippen LogP contribution in [0.2, 0.25) is 0 Å². The summed E-state index contributed by atoms with van der Waals surface area (Å²) in [6, 6.07) is 13.6. The monoisotopic (exact) mass is 636 g/mol. The van der Waals surface area contributed by atoms with Crippen LogP contribution in [-0.2, 0) is 4.74 Å². The van der Waals surface area contributed by atoms with Gasteiger partial charge in [0.15, 0.2) is 5.13 Å². The highest BCUT2D eigenvalue weighted by atomic mass is 32.2. The molecule has 2 aromatic carbocycles. The van der Waals surface area contributed by atoms with Gasteiger partial charge in [0.1, 0.15) is 23.3 Å². The number of halogens is 3. The number of benzene rings is 2. The van der Waals surface area contributed by atoms with Crippen LogP contribution in [0, 0.1) is 17.5 Å². The first-order chi connectivity index (χ1) is 21.5. The molecule has 0 bridgehead atoms. The number of rotatable bonds is 10. The molecule has 5 aromatic rings. The van der Waals surface area contributed by atoms with Crippen LogP contribution in [0.3, 0.4) is 0 Å². The molecule has 0 unspecified atom stereocenters. The van der Waals surface area contributed by atoms with Crippen molar-refractivity contribution in [3.8, 4) is 21.8 Å². The summed E-state index contributed by atoms with van der Waals surface area (Å²) in [7, 11) is 0. The molecule has 44 heavy (non-hydrogen) atoms. The molecule has 14 heteroatoms. The summed E-state index contributed by atoms with van der Waals surface area (Å²) in [5, 5.41) is 7.10. The summed E-state index contributed by atoms with van der Waals surface area (Å²) in [5.74, 6) is -0.813. The number of aromatic nitrogens is 4. The molecule has 1 aliphatic heterocycles. The Bertz CT molecular complexity index is 1730. The molecule has 1 saturated heterocycles. The van der Waals surface area contributed by atoms with Crippen molar-refractivity contribution < 1.29 is 17.9 Å². The molecule has 6 rings (SSSR count). The summed E-state index contributed by atoms with van der Waals surface area (Å²) >= 11 is 2.06. The van der Waals surface area contributed by atoms with Crippen LogP contribution in [0.4, 0.5) is 41.4 Å². The van der Waals surface area contributed by atoms with Crippen LogP contribution in [0.1, 0.15) is 6.92 Å². The highest BCUT2D eigenvalue weighted by molar-refractivity contribution is 8.00. The van der Waals surface area contributed by atoms with E-state index in [0.29, 0.717) is 59.7 Å². The molecule has 0 atom stereocenters. The molecule has 3 aromatic heterocycles. The van der Waals surface area contributed by atoms with E-state index in [2.05, 4.69) is 30.2 Å². The van der Waals surface area contributed by atoms with E-state index in [1.165, 1.54) is 23.5 Å².